The van der Waals surface area contributed by atoms with Gasteiger partial charge in [-0.25, -0.2) is 9.37 Å². The van der Waals surface area contributed by atoms with Crippen LogP contribution in [0, 0.1) is 5.82 Å². The van der Waals surface area contributed by atoms with Gasteiger partial charge in [0, 0.05) is 44.5 Å². The van der Waals surface area contributed by atoms with Gasteiger partial charge < -0.3 is 20.4 Å². The molecule has 0 aromatic carbocycles. The summed E-state index contributed by atoms with van der Waals surface area (Å²) < 4.78 is 16.7. The first-order valence-electron chi connectivity index (χ1n) is 8.61. The van der Waals surface area contributed by atoms with Crippen LogP contribution in [0.25, 0.3) is 0 Å². The molecule has 1 atom stereocenters. The number of hydrogen-bond donors (Lipinski definition) is 2. The summed E-state index contributed by atoms with van der Waals surface area (Å²) >= 11 is 0. The summed E-state index contributed by atoms with van der Waals surface area (Å²) in [5.41, 5.74) is 1.35. The summed E-state index contributed by atoms with van der Waals surface area (Å²) in [4.78, 5) is 20.8. The molecule has 0 radical (unpaired) electrons. The number of pyridine rings is 1. The van der Waals surface area contributed by atoms with Gasteiger partial charge in [-0.15, -0.1) is 0 Å². The van der Waals surface area contributed by atoms with Gasteiger partial charge in [-0.05, 0) is 20.5 Å². The van der Waals surface area contributed by atoms with Gasteiger partial charge in [0.05, 0.1) is 17.4 Å². The van der Waals surface area contributed by atoms with Gasteiger partial charge in [-0.1, -0.05) is 0 Å². The highest BCUT2D eigenvalue weighted by Crippen LogP contribution is 2.34. The molecule has 0 aliphatic carbocycles. The van der Waals surface area contributed by atoms with E-state index in [0.717, 1.165) is 13.0 Å². The van der Waals surface area contributed by atoms with Gasteiger partial charge in [0.25, 0.3) is 5.91 Å². The van der Waals surface area contributed by atoms with Gasteiger partial charge in [-0.2, -0.15) is 5.10 Å². The number of likely N-dealkylation sites (N-methyl/N-ethyl adjacent to an activating group) is 1. The zero-order valence-corrected chi connectivity index (χ0v) is 15.1. The molecule has 4 heterocycles. The van der Waals surface area contributed by atoms with E-state index >= 15 is 4.39 Å². The second kappa shape index (κ2) is 6.24. The molecule has 2 N–H and O–H groups in total. The molecule has 0 saturated carbocycles. The molecule has 1 saturated heterocycles. The highest BCUT2D eigenvalue weighted by Gasteiger charge is 2.34. The number of carbonyl (C=O) groups excluding carboxylic acids is 1. The molecule has 2 aliphatic heterocycles. The van der Waals surface area contributed by atoms with Crippen LogP contribution in [0.1, 0.15) is 22.3 Å². The van der Waals surface area contributed by atoms with E-state index in [0.29, 0.717) is 35.5 Å². The third-order valence-corrected chi connectivity index (χ3v) is 5.03. The van der Waals surface area contributed by atoms with E-state index in [9.17, 15) is 4.79 Å². The summed E-state index contributed by atoms with van der Waals surface area (Å²) in [5.74, 6) is -0.0462. The van der Waals surface area contributed by atoms with Gasteiger partial charge in [0.2, 0.25) is 0 Å². The molecule has 2 aromatic heterocycles. The first-order chi connectivity index (χ1) is 12.4. The summed E-state index contributed by atoms with van der Waals surface area (Å²) in [6.45, 7) is 1.63. The minimum atomic E-state index is -0.408. The lowest BCUT2D eigenvalue weighted by Crippen LogP contribution is -2.32. The van der Waals surface area contributed by atoms with Crippen molar-refractivity contribution in [2.24, 2.45) is 7.05 Å². The van der Waals surface area contributed by atoms with Crippen LogP contribution in [0.5, 0.6) is 0 Å². The van der Waals surface area contributed by atoms with Crippen LogP contribution < -0.4 is 15.5 Å². The number of carbonyl (C=O) groups is 1. The van der Waals surface area contributed by atoms with Gasteiger partial charge in [-0.3, -0.25) is 9.48 Å². The lowest BCUT2D eigenvalue weighted by atomic mass is 10.1. The summed E-state index contributed by atoms with van der Waals surface area (Å²) in [7, 11) is 5.86. The minimum Gasteiger partial charge on any atom is -0.352 e. The number of anilines is 3. The second-order valence-corrected chi connectivity index (χ2v) is 7.01. The molecule has 2 aliphatic rings. The molecule has 1 amide bonds. The Balaban J connectivity index is 1.74. The van der Waals surface area contributed by atoms with E-state index in [1.54, 1.807) is 24.1 Å². The molecule has 26 heavy (non-hydrogen) atoms. The Bertz CT molecular complexity index is 863. The summed E-state index contributed by atoms with van der Waals surface area (Å²) in [5, 5.41) is 9.92. The third kappa shape index (κ3) is 2.78. The topological polar surface area (TPSA) is 78.3 Å². The van der Waals surface area contributed by atoms with Crippen molar-refractivity contribution < 1.29 is 9.18 Å². The Kier molecular flexibility index (Phi) is 4.03. The van der Waals surface area contributed by atoms with E-state index < -0.39 is 5.82 Å². The van der Waals surface area contributed by atoms with E-state index in [1.807, 2.05) is 19.0 Å². The predicted octanol–water partition coefficient (Wildman–Crippen LogP) is 1.08. The van der Waals surface area contributed by atoms with Crippen LogP contribution in [0.2, 0.25) is 0 Å². The van der Waals surface area contributed by atoms with E-state index in [-0.39, 0.29) is 18.0 Å². The number of halogens is 1. The average molecular weight is 359 g/mol. The van der Waals surface area contributed by atoms with E-state index in [4.69, 9.17) is 0 Å². The smallest absolute Gasteiger partial charge is 0.255 e. The number of nitrogens with zero attached hydrogens (tertiary/aromatic N) is 5. The number of aromatic nitrogens is 3. The maximum atomic E-state index is 15.1. The molecule has 2 aromatic rings. The molecule has 138 valence electrons. The lowest BCUT2D eigenvalue weighted by Gasteiger charge is -2.23. The Morgan fingerprint density at radius 2 is 2.23 bits per heavy atom. The standard InChI is InChI=1S/C17H22FN7O/c1-23(2)11-4-5-25(9-11)16-14(18)12-7-19-17(26)13(12)15(22-16)21-10-6-20-24(3)8-10/h6,8,11H,4-5,7,9H2,1-3H3,(H,19,26)(H,21,22). The number of amides is 1. The quantitative estimate of drug-likeness (QED) is 0.851. The molecule has 8 nitrogen and oxygen atoms in total. The fourth-order valence-corrected chi connectivity index (χ4v) is 3.54. The highest BCUT2D eigenvalue weighted by molar-refractivity contribution is 6.03. The van der Waals surface area contributed by atoms with E-state index in [1.165, 1.54) is 0 Å². The van der Waals surface area contributed by atoms with Crippen molar-refractivity contribution in [3.05, 3.63) is 29.3 Å². The number of fused-ring (bicyclic) bond motifs is 1. The fraction of sp³-hybridized carbons (Fsp3) is 0.471. The minimum absolute atomic E-state index is 0.183. The first-order valence-corrected chi connectivity index (χ1v) is 8.61. The largest absolute Gasteiger partial charge is 0.352 e. The zero-order valence-electron chi connectivity index (χ0n) is 15.1. The van der Waals surface area contributed by atoms with Crippen molar-refractivity contribution in [3.8, 4) is 0 Å². The first kappa shape index (κ1) is 16.8. The van der Waals surface area contributed by atoms with Crippen molar-refractivity contribution in [1.29, 1.82) is 0 Å². The Morgan fingerprint density at radius 1 is 1.42 bits per heavy atom. The number of rotatable bonds is 4. The van der Waals surface area contributed by atoms with Crippen LogP contribution in [0.4, 0.5) is 21.7 Å². The van der Waals surface area contributed by atoms with Crippen molar-refractivity contribution in [2.75, 3.05) is 37.4 Å². The monoisotopic (exact) mass is 359 g/mol. The van der Waals surface area contributed by atoms with Gasteiger partial charge >= 0.3 is 0 Å². The average Bonchev–Trinajstić information content (AvgIpc) is 3.31. The van der Waals surface area contributed by atoms with Crippen LogP contribution in [0.15, 0.2) is 12.4 Å². The second-order valence-electron chi connectivity index (χ2n) is 7.01. The molecule has 9 heteroatoms. The Hall–Kier alpha value is -2.68. The molecule has 0 spiro atoms. The molecular weight excluding hydrogens is 337 g/mol. The van der Waals surface area contributed by atoms with Crippen molar-refractivity contribution in [3.63, 3.8) is 0 Å². The zero-order chi connectivity index (χ0) is 18.4. The fourth-order valence-electron chi connectivity index (χ4n) is 3.54. The van der Waals surface area contributed by atoms with Crippen molar-refractivity contribution >= 4 is 23.2 Å². The van der Waals surface area contributed by atoms with Gasteiger partial charge in [0.1, 0.15) is 5.82 Å². The van der Waals surface area contributed by atoms with Gasteiger partial charge in [0.15, 0.2) is 11.6 Å². The lowest BCUT2D eigenvalue weighted by molar-refractivity contribution is 0.0966. The maximum absolute atomic E-state index is 15.1. The normalized spacial score (nSPS) is 19.2. The predicted molar refractivity (Wildman–Crippen MR) is 96.2 cm³/mol. The third-order valence-electron chi connectivity index (χ3n) is 5.03. The maximum Gasteiger partial charge on any atom is 0.255 e. The highest BCUT2D eigenvalue weighted by atomic mass is 19.1. The van der Waals surface area contributed by atoms with E-state index in [2.05, 4.69) is 25.6 Å². The van der Waals surface area contributed by atoms with Crippen LogP contribution in [-0.4, -0.2) is 58.8 Å². The molecule has 0 bridgehead atoms. The Labute approximate surface area is 151 Å². The number of nitrogens with one attached hydrogen (secondary N) is 2. The summed E-state index contributed by atoms with van der Waals surface area (Å²) in [6, 6.07) is 0.360. The van der Waals surface area contributed by atoms with Crippen LogP contribution >= 0.6 is 0 Å². The molecule has 1 fully saturated rings. The van der Waals surface area contributed by atoms with Crippen molar-refractivity contribution in [2.45, 2.75) is 19.0 Å². The number of aryl methyl sites for hydroxylation is 1. The molecule has 1 unspecified atom stereocenters. The number of hydrogen-bond acceptors (Lipinski definition) is 6. The SMILES string of the molecule is CN(C)C1CCN(c2nc(Nc3cnn(C)c3)c3c(c2F)CNC3=O)C1. The van der Waals surface area contributed by atoms with Crippen molar-refractivity contribution in [1.82, 2.24) is 25.0 Å². The molecular formula is C17H22FN7O. The summed E-state index contributed by atoms with van der Waals surface area (Å²) in [6.07, 6.45) is 4.37. The Morgan fingerprint density at radius 3 is 2.88 bits per heavy atom. The molecule has 4 rings (SSSR count). The van der Waals surface area contributed by atoms with Crippen LogP contribution in [0.3, 0.4) is 0 Å². The van der Waals surface area contributed by atoms with Crippen LogP contribution in [-0.2, 0) is 13.6 Å².